The molecular formula is C17H10ClF3N4OS. The zero-order valence-corrected chi connectivity index (χ0v) is 15.0. The Bertz CT molecular complexity index is 1090. The van der Waals surface area contributed by atoms with Gasteiger partial charge in [-0.1, -0.05) is 16.8 Å². The molecule has 4 aromatic rings. The molecule has 0 radical (unpaired) electrons. The van der Waals surface area contributed by atoms with Gasteiger partial charge in [-0.15, -0.1) is 11.8 Å². The molecule has 0 aliphatic rings. The van der Waals surface area contributed by atoms with E-state index in [1.54, 1.807) is 34.5 Å². The molecule has 27 heavy (non-hydrogen) atoms. The predicted octanol–water partition coefficient (Wildman–Crippen LogP) is 5.35. The molecule has 0 N–H and O–H groups in total. The molecule has 0 aliphatic carbocycles. The smallest absolute Gasteiger partial charge is 0.329 e. The maximum Gasteiger partial charge on any atom is 0.471 e. The van der Waals surface area contributed by atoms with Gasteiger partial charge in [-0.2, -0.15) is 18.2 Å². The fourth-order valence-corrected chi connectivity index (χ4v) is 3.30. The van der Waals surface area contributed by atoms with E-state index < -0.39 is 12.1 Å². The van der Waals surface area contributed by atoms with Gasteiger partial charge in [0.05, 0.1) is 5.69 Å². The highest BCUT2D eigenvalue weighted by Gasteiger charge is 2.38. The van der Waals surface area contributed by atoms with Crippen molar-refractivity contribution in [1.29, 1.82) is 0 Å². The maximum absolute atomic E-state index is 12.6. The van der Waals surface area contributed by atoms with E-state index >= 15 is 0 Å². The second-order valence-electron chi connectivity index (χ2n) is 5.58. The molecule has 0 aliphatic heterocycles. The standard InChI is InChI=1S/C17H10ClF3N4OS/c18-11-2-4-13(5-3-11)27-9-12-8-25-7-10(1-6-14(25)22-12)15-23-16(26-24-15)17(19,20)21/h1-8H,9H2. The van der Waals surface area contributed by atoms with Gasteiger partial charge < -0.3 is 8.92 Å². The quantitative estimate of drug-likeness (QED) is 0.424. The first kappa shape index (κ1) is 17.9. The zero-order valence-electron chi connectivity index (χ0n) is 13.4. The van der Waals surface area contributed by atoms with Gasteiger partial charge in [0.25, 0.3) is 0 Å². The third-order valence-corrected chi connectivity index (χ3v) is 4.93. The second kappa shape index (κ2) is 6.90. The number of rotatable bonds is 4. The van der Waals surface area contributed by atoms with E-state index in [9.17, 15) is 13.2 Å². The van der Waals surface area contributed by atoms with Crippen LogP contribution in [0.5, 0.6) is 0 Å². The Labute approximate surface area is 160 Å². The van der Waals surface area contributed by atoms with Gasteiger partial charge in [0.15, 0.2) is 0 Å². The minimum atomic E-state index is -4.67. The van der Waals surface area contributed by atoms with Gasteiger partial charge in [0.1, 0.15) is 5.65 Å². The van der Waals surface area contributed by atoms with Crippen molar-refractivity contribution in [3.63, 3.8) is 0 Å². The summed E-state index contributed by atoms with van der Waals surface area (Å²) in [7, 11) is 0. The van der Waals surface area contributed by atoms with Gasteiger partial charge >= 0.3 is 12.1 Å². The summed E-state index contributed by atoms with van der Waals surface area (Å²) >= 11 is 7.47. The molecule has 3 heterocycles. The molecule has 0 saturated carbocycles. The third-order valence-electron chi connectivity index (χ3n) is 3.63. The van der Waals surface area contributed by atoms with E-state index in [0.717, 1.165) is 10.6 Å². The van der Waals surface area contributed by atoms with E-state index in [0.29, 0.717) is 22.0 Å². The van der Waals surface area contributed by atoms with E-state index in [4.69, 9.17) is 11.6 Å². The van der Waals surface area contributed by atoms with Gasteiger partial charge in [0.2, 0.25) is 5.82 Å². The molecule has 5 nitrogen and oxygen atoms in total. The normalized spacial score (nSPS) is 12.0. The summed E-state index contributed by atoms with van der Waals surface area (Å²) in [6, 6.07) is 10.8. The van der Waals surface area contributed by atoms with Gasteiger partial charge in [-0.25, -0.2) is 4.98 Å². The Morgan fingerprint density at radius 1 is 1.04 bits per heavy atom. The number of benzene rings is 1. The molecule has 4 rings (SSSR count). The van der Waals surface area contributed by atoms with Crippen molar-refractivity contribution in [3.05, 3.63) is 65.4 Å². The lowest BCUT2D eigenvalue weighted by atomic mass is 10.3. The lowest BCUT2D eigenvalue weighted by Gasteiger charge is -1.98. The molecule has 10 heteroatoms. The number of nitrogens with zero attached hydrogens (tertiary/aromatic N) is 4. The Hall–Kier alpha value is -2.52. The van der Waals surface area contributed by atoms with Crippen LogP contribution in [0, 0.1) is 0 Å². The number of hydrogen-bond donors (Lipinski definition) is 0. The largest absolute Gasteiger partial charge is 0.471 e. The molecule has 0 spiro atoms. The average Bonchev–Trinajstić information content (AvgIpc) is 3.27. The molecule has 0 saturated heterocycles. The first-order valence-corrected chi connectivity index (χ1v) is 9.02. The maximum atomic E-state index is 12.6. The number of imidazole rings is 1. The second-order valence-corrected chi connectivity index (χ2v) is 7.06. The summed E-state index contributed by atoms with van der Waals surface area (Å²) in [6.07, 6.45) is -1.24. The summed E-state index contributed by atoms with van der Waals surface area (Å²) in [5.74, 6) is -0.864. The summed E-state index contributed by atoms with van der Waals surface area (Å²) in [4.78, 5) is 8.95. The Balaban J connectivity index is 1.54. The summed E-state index contributed by atoms with van der Waals surface area (Å²) in [5.41, 5.74) is 1.90. The minimum Gasteiger partial charge on any atom is -0.329 e. The number of pyridine rings is 1. The van der Waals surface area contributed by atoms with Gasteiger partial charge in [0, 0.05) is 33.6 Å². The van der Waals surface area contributed by atoms with Crippen LogP contribution in [-0.4, -0.2) is 19.5 Å². The molecule has 0 unspecified atom stereocenters. The lowest BCUT2D eigenvalue weighted by Crippen LogP contribution is -2.04. The number of alkyl halides is 3. The van der Waals surface area contributed by atoms with Crippen molar-refractivity contribution < 1.29 is 17.7 Å². The van der Waals surface area contributed by atoms with E-state index in [1.165, 1.54) is 0 Å². The van der Waals surface area contributed by atoms with Crippen molar-refractivity contribution in [3.8, 4) is 11.4 Å². The number of thioether (sulfide) groups is 1. The van der Waals surface area contributed by atoms with Crippen molar-refractivity contribution in [2.24, 2.45) is 0 Å². The molecular weight excluding hydrogens is 401 g/mol. The number of halogens is 4. The molecule has 138 valence electrons. The lowest BCUT2D eigenvalue weighted by molar-refractivity contribution is -0.159. The monoisotopic (exact) mass is 410 g/mol. The predicted molar refractivity (Wildman–Crippen MR) is 94.5 cm³/mol. The fraction of sp³-hybridized carbons (Fsp3) is 0.118. The SMILES string of the molecule is FC(F)(F)c1nc(-c2ccc3nc(CSc4ccc(Cl)cc4)cn3c2)no1. The summed E-state index contributed by atoms with van der Waals surface area (Å²) in [5, 5.41) is 4.07. The van der Waals surface area contributed by atoms with Crippen LogP contribution in [0.3, 0.4) is 0 Å². The molecule has 1 aromatic carbocycles. The fourth-order valence-electron chi connectivity index (χ4n) is 2.39. The van der Waals surface area contributed by atoms with Crippen LogP contribution in [0.1, 0.15) is 11.6 Å². The van der Waals surface area contributed by atoms with Crippen molar-refractivity contribution >= 4 is 29.0 Å². The molecule has 3 aromatic heterocycles. The zero-order chi connectivity index (χ0) is 19.0. The minimum absolute atomic E-state index is 0.130. The number of fused-ring (bicyclic) bond motifs is 1. The van der Waals surface area contributed by atoms with Gasteiger partial charge in [-0.05, 0) is 36.4 Å². The third kappa shape index (κ3) is 3.93. The highest BCUT2D eigenvalue weighted by atomic mass is 35.5. The van der Waals surface area contributed by atoms with Crippen LogP contribution in [-0.2, 0) is 11.9 Å². The average molecular weight is 411 g/mol. The summed E-state index contributed by atoms with van der Waals surface area (Å²) in [6.45, 7) is 0. The number of hydrogen-bond acceptors (Lipinski definition) is 5. The van der Waals surface area contributed by atoms with E-state index in [2.05, 4.69) is 19.6 Å². The van der Waals surface area contributed by atoms with Crippen LogP contribution in [0.4, 0.5) is 13.2 Å². The summed E-state index contributed by atoms with van der Waals surface area (Å²) < 4.78 is 43.8. The van der Waals surface area contributed by atoms with Crippen LogP contribution < -0.4 is 0 Å². The van der Waals surface area contributed by atoms with E-state index in [-0.39, 0.29) is 5.82 Å². The first-order valence-electron chi connectivity index (χ1n) is 7.66. The molecule has 0 atom stereocenters. The Morgan fingerprint density at radius 2 is 1.81 bits per heavy atom. The van der Waals surface area contributed by atoms with E-state index in [1.807, 2.05) is 30.5 Å². The highest BCUT2D eigenvalue weighted by Crippen LogP contribution is 2.29. The number of aromatic nitrogens is 4. The van der Waals surface area contributed by atoms with Gasteiger partial charge in [-0.3, -0.25) is 0 Å². The Kier molecular flexibility index (Phi) is 4.56. The van der Waals surface area contributed by atoms with Crippen LogP contribution in [0.15, 0.2) is 58.2 Å². The van der Waals surface area contributed by atoms with Crippen molar-refractivity contribution in [2.75, 3.05) is 0 Å². The van der Waals surface area contributed by atoms with Crippen molar-refractivity contribution in [1.82, 2.24) is 19.5 Å². The molecule has 0 fully saturated rings. The van der Waals surface area contributed by atoms with Crippen molar-refractivity contribution in [2.45, 2.75) is 16.8 Å². The Morgan fingerprint density at radius 3 is 2.52 bits per heavy atom. The van der Waals surface area contributed by atoms with Crippen LogP contribution >= 0.6 is 23.4 Å². The topological polar surface area (TPSA) is 56.2 Å². The van der Waals surface area contributed by atoms with Crippen LogP contribution in [0.25, 0.3) is 17.0 Å². The molecule has 0 bridgehead atoms. The first-order chi connectivity index (χ1) is 12.9. The highest BCUT2D eigenvalue weighted by molar-refractivity contribution is 7.98. The molecule has 0 amide bonds. The van der Waals surface area contributed by atoms with Crippen LogP contribution in [0.2, 0.25) is 5.02 Å².